The third-order valence-electron chi connectivity index (χ3n) is 5.23. The molecule has 0 saturated carbocycles. The monoisotopic (exact) mass is 415 g/mol. The van der Waals surface area contributed by atoms with Crippen LogP contribution in [0.2, 0.25) is 0 Å². The topological polar surface area (TPSA) is 95.6 Å². The summed E-state index contributed by atoms with van der Waals surface area (Å²) in [6, 6.07) is 4.83. The number of benzene rings is 1. The van der Waals surface area contributed by atoms with E-state index in [9.17, 15) is 23.6 Å². The number of nitrogens with zero attached hydrogens (tertiary/aromatic N) is 1. The Morgan fingerprint density at radius 3 is 2.83 bits per heavy atom. The molecule has 4 rings (SSSR count). The van der Waals surface area contributed by atoms with E-state index in [4.69, 9.17) is 0 Å². The van der Waals surface area contributed by atoms with Crippen LogP contribution in [0.25, 0.3) is 0 Å². The minimum absolute atomic E-state index is 0.215. The maximum absolute atomic E-state index is 14.3. The number of amides is 4. The molecule has 2 aromatic rings. The predicted octanol–water partition coefficient (Wildman–Crippen LogP) is 2.81. The van der Waals surface area contributed by atoms with Crippen LogP contribution in [-0.4, -0.2) is 35.1 Å². The Labute approximate surface area is 169 Å². The van der Waals surface area contributed by atoms with Crippen LogP contribution >= 0.6 is 11.3 Å². The summed E-state index contributed by atoms with van der Waals surface area (Å²) in [5, 5.41) is 7.08. The molecule has 2 N–H and O–H groups in total. The van der Waals surface area contributed by atoms with Crippen LogP contribution in [-0.2, 0) is 21.5 Å². The van der Waals surface area contributed by atoms with E-state index < -0.39 is 35.6 Å². The van der Waals surface area contributed by atoms with Crippen LogP contribution in [0.3, 0.4) is 0 Å². The highest BCUT2D eigenvalue weighted by Gasteiger charge is 2.54. The number of nitrogens with one attached hydrogen (secondary N) is 2. The number of rotatable bonds is 4. The Bertz CT molecular complexity index is 1050. The first-order valence-electron chi connectivity index (χ1n) is 9.13. The maximum atomic E-state index is 14.3. The Balaban J connectivity index is 1.56. The van der Waals surface area contributed by atoms with Crippen molar-refractivity contribution in [2.75, 3.05) is 11.9 Å². The molecule has 1 aromatic heterocycles. The number of ketones is 1. The molecule has 2 aliphatic rings. The molecule has 0 unspecified atom stereocenters. The van der Waals surface area contributed by atoms with Gasteiger partial charge in [-0.25, -0.2) is 9.18 Å². The Morgan fingerprint density at radius 2 is 2.10 bits per heavy atom. The van der Waals surface area contributed by atoms with Crippen LogP contribution in [0.4, 0.5) is 14.9 Å². The SMILES string of the molecule is CC(=O)Nc1ccc(C(=O)CN2C(=O)N[C@@]3(CCCc4sccc43)C2=O)c(F)c1. The minimum Gasteiger partial charge on any atom is -0.326 e. The maximum Gasteiger partial charge on any atom is 0.325 e. The van der Waals surface area contributed by atoms with E-state index in [1.807, 2.05) is 11.4 Å². The van der Waals surface area contributed by atoms with E-state index in [-0.39, 0.29) is 17.2 Å². The number of carbonyl (C=O) groups excluding carboxylic acids is 4. The van der Waals surface area contributed by atoms with Gasteiger partial charge < -0.3 is 10.6 Å². The van der Waals surface area contributed by atoms with Crippen LogP contribution < -0.4 is 10.6 Å². The number of Topliss-reactive ketones (excluding diaryl/α,β-unsaturated/α-hetero) is 1. The quantitative estimate of drug-likeness (QED) is 0.593. The first kappa shape index (κ1) is 19.3. The number of halogens is 1. The molecule has 0 bridgehead atoms. The first-order valence-corrected chi connectivity index (χ1v) is 10.0. The van der Waals surface area contributed by atoms with Crippen LogP contribution in [0.5, 0.6) is 0 Å². The highest BCUT2D eigenvalue weighted by molar-refractivity contribution is 7.10. The predicted molar refractivity (Wildman–Crippen MR) is 104 cm³/mol. The summed E-state index contributed by atoms with van der Waals surface area (Å²) < 4.78 is 14.3. The highest BCUT2D eigenvalue weighted by Crippen LogP contribution is 2.42. The smallest absolute Gasteiger partial charge is 0.325 e. The van der Waals surface area contributed by atoms with Crippen molar-refractivity contribution in [2.24, 2.45) is 0 Å². The Kier molecular flexibility index (Phi) is 4.70. The molecule has 29 heavy (non-hydrogen) atoms. The lowest BCUT2D eigenvalue weighted by molar-refractivity contribution is -0.131. The number of carbonyl (C=O) groups is 4. The fourth-order valence-corrected chi connectivity index (χ4v) is 4.94. The van der Waals surface area contributed by atoms with E-state index >= 15 is 0 Å². The second-order valence-electron chi connectivity index (χ2n) is 7.14. The second kappa shape index (κ2) is 7.07. The van der Waals surface area contributed by atoms with Crippen molar-refractivity contribution in [3.05, 3.63) is 51.5 Å². The average molecular weight is 415 g/mol. The number of hydrogen-bond acceptors (Lipinski definition) is 5. The summed E-state index contributed by atoms with van der Waals surface area (Å²) in [5.74, 6) is -2.38. The van der Waals surface area contributed by atoms with Crippen LogP contribution in [0.15, 0.2) is 29.6 Å². The number of hydrogen-bond donors (Lipinski definition) is 2. The van der Waals surface area contributed by atoms with Crippen molar-refractivity contribution >= 4 is 40.7 Å². The van der Waals surface area contributed by atoms with Gasteiger partial charge in [-0.15, -0.1) is 11.3 Å². The van der Waals surface area contributed by atoms with Gasteiger partial charge in [-0.2, -0.15) is 0 Å². The van der Waals surface area contributed by atoms with Crippen molar-refractivity contribution in [3.8, 4) is 0 Å². The molecule has 1 aromatic carbocycles. The number of anilines is 1. The molecule has 7 nitrogen and oxygen atoms in total. The van der Waals surface area contributed by atoms with Gasteiger partial charge in [0.05, 0.1) is 12.1 Å². The molecular formula is C20H18FN3O4S. The number of thiophene rings is 1. The lowest BCUT2D eigenvalue weighted by atomic mass is 9.80. The summed E-state index contributed by atoms with van der Waals surface area (Å²) in [6.07, 6.45) is 2.06. The number of urea groups is 1. The normalized spacial score (nSPS) is 20.6. The lowest BCUT2D eigenvalue weighted by Gasteiger charge is -2.31. The lowest BCUT2D eigenvalue weighted by Crippen LogP contribution is -2.46. The summed E-state index contributed by atoms with van der Waals surface area (Å²) in [6.45, 7) is 0.733. The van der Waals surface area contributed by atoms with E-state index in [1.54, 1.807) is 11.3 Å². The van der Waals surface area contributed by atoms with Crippen LogP contribution in [0.1, 0.15) is 40.6 Å². The van der Waals surface area contributed by atoms with Gasteiger partial charge in [-0.1, -0.05) is 0 Å². The third-order valence-corrected chi connectivity index (χ3v) is 6.21. The molecule has 1 atom stereocenters. The molecule has 9 heteroatoms. The zero-order chi connectivity index (χ0) is 20.8. The summed E-state index contributed by atoms with van der Waals surface area (Å²) in [4.78, 5) is 51.3. The first-order chi connectivity index (χ1) is 13.8. The van der Waals surface area contributed by atoms with E-state index in [2.05, 4.69) is 10.6 Å². The zero-order valence-corrected chi connectivity index (χ0v) is 16.4. The molecule has 1 aliphatic heterocycles. The van der Waals surface area contributed by atoms with Crippen molar-refractivity contribution in [3.63, 3.8) is 0 Å². The fourth-order valence-electron chi connectivity index (χ4n) is 3.94. The van der Waals surface area contributed by atoms with E-state index in [0.29, 0.717) is 6.42 Å². The Hall–Kier alpha value is -3.07. The molecule has 1 fully saturated rings. The van der Waals surface area contributed by atoms with Gasteiger partial charge >= 0.3 is 6.03 Å². The van der Waals surface area contributed by atoms with Gasteiger partial charge in [0.1, 0.15) is 11.4 Å². The van der Waals surface area contributed by atoms with Gasteiger partial charge in [0.25, 0.3) is 5.91 Å². The second-order valence-corrected chi connectivity index (χ2v) is 8.14. The summed E-state index contributed by atoms with van der Waals surface area (Å²) in [7, 11) is 0. The van der Waals surface area contributed by atoms with E-state index in [1.165, 1.54) is 19.1 Å². The Morgan fingerprint density at radius 1 is 1.31 bits per heavy atom. The number of fused-ring (bicyclic) bond motifs is 2. The largest absolute Gasteiger partial charge is 0.326 e. The van der Waals surface area contributed by atoms with Gasteiger partial charge in [0.2, 0.25) is 5.91 Å². The molecule has 2 heterocycles. The minimum atomic E-state index is -1.14. The highest BCUT2D eigenvalue weighted by atomic mass is 32.1. The van der Waals surface area contributed by atoms with Gasteiger partial charge in [-0.3, -0.25) is 19.3 Å². The summed E-state index contributed by atoms with van der Waals surface area (Å²) in [5.41, 5.74) is -0.389. The van der Waals surface area contributed by atoms with Crippen molar-refractivity contribution in [2.45, 2.75) is 31.7 Å². The molecule has 1 spiro atoms. The average Bonchev–Trinajstić information content (AvgIpc) is 3.22. The van der Waals surface area contributed by atoms with Crippen molar-refractivity contribution < 1.29 is 23.6 Å². The van der Waals surface area contributed by atoms with Gasteiger partial charge in [0, 0.05) is 23.1 Å². The number of imide groups is 1. The molecule has 150 valence electrons. The van der Waals surface area contributed by atoms with Gasteiger partial charge in [-0.05, 0) is 48.9 Å². The number of aryl methyl sites for hydroxylation is 1. The zero-order valence-electron chi connectivity index (χ0n) is 15.6. The van der Waals surface area contributed by atoms with Crippen molar-refractivity contribution in [1.82, 2.24) is 10.2 Å². The molecule has 1 aliphatic carbocycles. The molecular weight excluding hydrogens is 397 g/mol. The van der Waals surface area contributed by atoms with Crippen LogP contribution in [0, 0.1) is 5.82 Å². The van der Waals surface area contributed by atoms with Gasteiger partial charge in [0.15, 0.2) is 5.78 Å². The molecule has 0 radical (unpaired) electrons. The molecule has 4 amide bonds. The van der Waals surface area contributed by atoms with E-state index in [0.717, 1.165) is 34.2 Å². The summed E-state index contributed by atoms with van der Waals surface area (Å²) >= 11 is 1.54. The molecule has 1 saturated heterocycles. The third kappa shape index (κ3) is 3.21. The van der Waals surface area contributed by atoms with Crippen molar-refractivity contribution in [1.29, 1.82) is 0 Å². The standard InChI is InChI=1S/C20H18FN3O4S/c1-11(25)22-12-4-5-13(15(21)9-12)16(26)10-24-18(27)20(23-19(24)28)7-2-3-17-14(20)6-8-29-17/h4-6,8-9H,2-3,7,10H2,1H3,(H,22,25)(H,23,28)/t20-/m1/s1. The fraction of sp³-hybridized carbons (Fsp3) is 0.300.